The molecule has 0 aliphatic rings. The number of hydrogen-bond donors (Lipinski definition) is 0. The average molecular weight is 433 g/mol. The van der Waals surface area contributed by atoms with Crippen LogP contribution in [-0.4, -0.2) is 16.7 Å². The Morgan fingerprint density at radius 2 is 1.64 bits per heavy atom. The zero-order chi connectivity index (χ0) is 19.5. The third-order valence-electron chi connectivity index (χ3n) is 4.43. The van der Waals surface area contributed by atoms with Crippen LogP contribution in [-0.2, 0) is 0 Å². The minimum absolute atomic E-state index is 0.0951. The average Bonchev–Trinajstić information content (AvgIpc) is 2.74. The van der Waals surface area contributed by atoms with Gasteiger partial charge < -0.3 is 4.74 Å². The molecule has 1 heterocycles. The van der Waals surface area contributed by atoms with Crippen LogP contribution in [0.25, 0.3) is 28.7 Å². The molecule has 1 aromatic heterocycles. The second kappa shape index (κ2) is 7.82. The van der Waals surface area contributed by atoms with Crippen LogP contribution in [0.15, 0.2) is 82.1 Å². The van der Waals surface area contributed by atoms with Crippen LogP contribution in [0.3, 0.4) is 0 Å². The van der Waals surface area contributed by atoms with E-state index in [1.807, 2.05) is 78.9 Å². The standard InChI is InChI=1S/C23H17BrN2O2/c1-28-19-13-6-16(7-14-19)8-15-22-25-21-5-3-2-4-20(21)23(27)26(22)18-11-9-17(24)10-12-18/h2-15H,1H3/b15-8+. The van der Waals surface area contributed by atoms with Crippen molar-refractivity contribution in [3.05, 3.63) is 99.0 Å². The fourth-order valence-electron chi connectivity index (χ4n) is 2.99. The van der Waals surface area contributed by atoms with Gasteiger partial charge in [0.25, 0.3) is 5.56 Å². The van der Waals surface area contributed by atoms with Gasteiger partial charge in [-0.2, -0.15) is 0 Å². The summed E-state index contributed by atoms with van der Waals surface area (Å²) < 4.78 is 7.78. The van der Waals surface area contributed by atoms with Gasteiger partial charge in [0.2, 0.25) is 0 Å². The van der Waals surface area contributed by atoms with E-state index in [4.69, 9.17) is 9.72 Å². The monoisotopic (exact) mass is 432 g/mol. The van der Waals surface area contributed by atoms with Gasteiger partial charge in [0, 0.05) is 4.47 Å². The van der Waals surface area contributed by atoms with Crippen molar-refractivity contribution in [2.75, 3.05) is 7.11 Å². The summed E-state index contributed by atoms with van der Waals surface area (Å²) in [4.78, 5) is 17.9. The van der Waals surface area contributed by atoms with Crippen LogP contribution in [0.4, 0.5) is 0 Å². The van der Waals surface area contributed by atoms with Crippen molar-refractivity contribution in [1.29, 1.82) is 0 Å². The number of fused-ring (bicyclic) bond motifs is 1. The minimum atomic E-state index is -0.0951. The Hall–Kier alpha value is -3.18. The lowest BCUT2D eigenvalue weighted by atomic mass is 10.2. The first-order chi connectivity index (χ1) is 13.7. The molecule has 4 nitrogen and oxygen atoms in total. The Bertz CT molecular complexity index is 1210. The van der Waals surface area contributed by atoms with E-state index in [-0.39, 0.29) is 5.56 Å². The van der Waals surface area contributed by atoms with Gasteiger partial charge in [-0.25, -0.2) is 4.98 Å². The molecular weight excluding hydrogens is 416 g/mol. The molecule has 0 aliphatic carbocycles. The molecule has 5 heteroatoms. The van der Waals surface area contributed by atoms with Gasteiger partial charge in [-0.15, -0.1) is 0 Å². The number of hydrogen-bond acceptors (Lipinski definition) is 3. The zero-order valence-electron chi connectivity index (χ0n) is 15.2. The summed E-state index contributed by atoms with van der Waals surface area (Å²) in [5.74, 6) is 1.37. The topological polar surface area (TPSA) is 44.1 Å². The molecule has 4 rings (SSSR count). The molecule has 0 spiro atoms. The number of methoxy groups -OCH3 is 1. The summed E-state index contributed by atoms with van der Waals surface area (Å²) >= 11 is 3.44. The lowest BCUT2D eigenvalue weighted by Gasteiger charge is -2.11. The molecule has 138 valence electrons. The van der Waals surface area contributed by atoms with E-state index < -0.39 is 0 Å². The van der Waals surface area contributed by atoms with Crippen molar-refractivity contribution in [2.45, 2.75) is 0 Å². The molecule has 0 fully saturated rings. The molecule has 0 saturated heterocycles. The predicted molar refractivity (Wildman–Crippen MR) is 117 cm³/mol. The maximum atomic E-state index is 13.2. The van der Waals surface area contributed by atoms with Crippen molar-refractivity contribution in [1.82, 2.24) is 9.55 Å². The summed E-state index contributed by atoms with van der Waals surface area (Å²) in [5, 5.41) is 0.590. The fraction of sp³-hybridized carbons (Fsp3) is 0.0435. The SMILES string of the molecule is COc1ccc(/C=C/c2nc3ccccc3c(=O)n2-c2ccc(Br)cc2)cc1. The minimum Gasteiger partial charge on any atom is -0.497 e. The Labute approximate surface area is 170 Å². The van der Waals surface area contributed by atoms with Crippen LogP contribution >= 0.6 is 15.9 Å². The third kappa shape index (κ3) is 3.62. The normalized spacial score (nSPS) is 11.2. The first-order valence-electron chi connectivity index (χ1n) is 8.75. The van der Waals surface area contributed by atoms with Gasteiger partial charge in [0.05, 0.1) is 23.7 Å². The van der Waals surface area contributed by atoms with Crippen molar-refractivity contribution in [3.63, 3.8) is 0 Å². The van der Waals surface area contributed by atoms with E-state index in [1.165, 1.54) is 0 Å². The first-order valence-corrected chi connectivity index (χ1v) is 9.55. The Morgan fingerprint density at radius 1 is 0.929 bits per heavy atom. The van der Waals surface area contributed by atoms with Gasteiger partial charge in [-0.1, -0.05) is 46.3 Å². The van der Waals surface area contributed by atoms with E-state index in [1.54, 1.807) is 17.7 Å². The van der Waals surface area contributed by atoms with Crippen molar-refractivity contribution in [2.24, 2.45) is 0 Å². The Balaban J connectivity index is 1.87. The molecule has 28 heavy (non-hydrogen) atoms. The molecular formula is C23H17BrN2O2. The quantitative estimate of drug-likeness (QED) is 0.437. The third-order valence-corrected chi connectivity index (χ3v) is 4.96. The maximum absolute atomic E-state index is 13.2. The largest absolute Gasteiger partial charge is 0.497 e. The molecule has 0 aliphatic heterocycles. The molecule has 0 bridgehead atoms. The van der Waals surface area contributed by atoms with Crippen LogP contribution < -0.4 is 10.3 Å². The highest BCUT2D eigenvalue weighted by Crippen LogP contribution is 2.18. The van der Waals surface area contributed by atoms with Crippen LogP contribution in [0.1, 0.15) is 11.4 Å². The zero-order valence-corrected chi connectivity index (χ0v) is 16.8. The molecule has 4 aromatic rings. The number of benzene rings is 3. The van der Waals surface area contributed by atoms with E-state index in [0.717, 1.165) is 21.5 Å². The van der Waals surface area contributed by atoms with Crippen molar-refractivity contribution >= 4 is 39.0 Å². The first kappa shape index (κ1) is 18.2. The number of aromatic nitrogens is 2. The van der Waals surface area contributed by atoms with Crippen molar-refractivity contribution in [3.8, 4) is 11.4 Å². The van der Waals surface area contributed by atoms with Crippen LogP contribution in [0.2, 0.25) is 0 Å². The van der Waals surface area contributed by atoms with E-state index in [2.05, 4.69) is 15.9 Å². The van der Waals surface area contributed by atoms with Gasteiger partial charge in [-0.05, 0) is 60.2 Å². The molecule has 0 saturated carbocycles. The fourth-order valence-corrected chi connectivity index (χ4v) is 3.25. The molecule has 0 unspecified atom stereocenters. The van der Waals surface area contributed by atoms with Gasteiger partial charge in [-0.3, -0.25) is 9.36 Å². The van der Waals surface area contributed by atoms with Gasteiger partial charge >= 0.3 is 0 Å². The van der Waals surface area contributed by atoms with Gasteiger partial charge in [0.15, 0.2) is 0 Å². The molecule has 3 aromatic carbocycles. The number of para-hydroxylation sites is 1. The lowest BCUT2D eigenvalue weighted by molar-refractivity contribution is 0.415. The highest BCUT2D eigenvalue weighted by atomic mass is 79.9. The number of halogens is 1. The number of nitrogens with zero attached hydrogens (tertiary/aromatic N) is 2. The molecule has 0 atom stereocenters. The lowest BCUT2D eigenvalue weighted by Crippen LogP contribution is -2.22. The van der Waals surface area contributed by atoms with Gasteiger partial charge in [0.1, 0.15) is 11.6 Å². The highest BCUT2D eigenvalue weighted by molar-refractivity contribution is 9.10. The predicted octanol–water partition coefficient (Wildman–Crippen LogP) is 5.33. The highest BCUT2D eigenvalue weighted by Gasteiger charge is 2.10. The smallest absolute Gasteiger partial charge is 0.266 e. The number of rotatable bonds is 4. The summed E-state index contributed by atoms with van der Waals surface area (Å²) in [6.07, 6.45) is 3.79. The second-order valence-electron chi connectivity index (χ2n) is 6.21. The molecule has 0 amide bonds. The van der Waals surface area contributed by atoms with E-state index in [9.17, 15) is 4.79 Å². The second-order valence-corrected chi connectivity index (χ2v) is 7.13. The summed E-state index contributed by atoms with van der Waals surface area (Å²) in [5.41, 5.74) is 2.34. The Kier molecular flexibility index (Phi) is 5.08. The van der Waals surface area contributed by atoms with Crippen LogP contribution in [0, 0.1) is 0 Å². The summed E-state index contributed by atoms with van der Waals surface area (Å²) in [6.45, 7) is 0. The van der Waals surface area contributed by atoms with Crippen molar-refractivity contribution < 1.29 is 4.74 Å². The molecule has 0 N–H and O–H groups in total. The molecule has 0 radical (unpaired) electrons. The van der Waals surface area contributed by atoms with E-state index >= 15 is 0 Å². The maximum Gasteiger partial charge on any atom is 0.266 e. The summed E-state index contributed by atoms with van der Waals surface area (Å²) in [6, 6.07) is 22.7. The van der Waals surface area contributed by atoms with E-state index in [0.29, 0.717) is 16.7 Å². The Morgan fingerprint density at radius 3 is 2.36 bits per heavy atom. The number of ether oxygens (including phenoxy) is 1. The summed E-state index contributed by atoms with van der Waals surface area (Å²) in [7, 11) is 1.64. The van der Waals surface area contributed by atoms with Crippen LogP contribution in [0.5, 0.6) is 5.75 Å².